The zero-order valence-corrected chi connectivity index (χ0v) is 14.7. The summed E-state index contributed by atoms with van der Waals surface area (Å²) in [6, 6.07) is 11.6. The van der Waals surface area contributed by atoms with Crippen molar-refractivity contribution < 1.29 is 27.4 Å². The first-order valence-electron chi connectivity index (χ1n) is 8.01. The first-order chi connectivity index (χ1) is 12.4. The number of hydrogen-bond acceptors (Lipinski definition) is 4. The first kappa shape index (κ1) is 18.5. The van der Waals surface area contributed by atoms with Gasteiger partial charge in [0, 0.05) is 6.54 Å². The lowest BCUT2D eigenvalue weighted by Gasteiger charge is -2.35. The van der Waals surface area contributed by atoms with E-state index in [9.17, 15) is 17.6 Å². The van der Waals surface area contributed by atoms with Gasteiger partial charge in [0.15, 0.2) is 0 Å². The average Bonchev–Trinajstić information content (AvgIpc) is 2.61. The number of benzene rings is 2. The summed E-state index contributed by atoms with van der Waals surface area (Å²) in [6.45, 7) is -0.388. The summed E-state index contributed by atoms with van der Waals surface area (Å²) in [5.74, 6) is -1.64. The normalized spacial score (nSPS) is 17.7. The van der Waals surface area contributed by atoms with Gasteiger partial charge in [-0.3, -0.25) is 0 Å². The lowest BCUT2D eigenvalue weighted by atomic mass is 9.96. The Morgan fingerprint density at radius 2 is 1.81 bits per heavy atom. The van der Waals surface area contributed by atoms with Crippen molar-refractivity contribution in [2.45, 2.75) is 23.9 Å². The van der Waals surface area contributed by atoms with Gasteiger partial charge in [0.25, 0.3) is 0 Å². The molecule has 0 radical (unpaired) electrons. The molecule has 138 valence electrons. The highest BCUT2D eigenvalue weighted by Crippen LogP contribution is 2.29. The fourth-order valence-corrected chi connectivity index (χ4v) is 4.60. The molecule has 1 atom stereocenters. The van der Waals surface area contributed by atoms with E-state index >= 15 is 0 Å². The van der Waals surface area contributed by atoms with Crippen LogP contribution in [0, 0.1) is 5.82 Å². The second-order valence-electron chi connectivity index (χ2n) is 6.04. The topological polar surface area (TPSA) is 83.9 Å². The summed E-state index contributed by atoms with van der Waals surface area (Å²) in [4.78, 5) is 10.7. The van der Waals surface area contributed by atoms with Crippen LogP contribution < -0.4 is 0 Å². The SMILES string of the molecule is O=C(O)COCC1Cc2ccccc2CN1S(=O)(=O)c1ccc(F)cc1. The van der Waals surface area contributed by atoms with Crippen molar-refractivity contribution in [2.75, 3.05) is 13.2 Å². The fourth-order valence-electron chi connectivity index (χ4n) is 3.01. The Balaban J connectivity index is 1.92. The number of fused-ring (bicyclic) bond motifs is 1. The summed E-state index contributed by atoms with van der Waals surface area (Å²) in [5, 5.41) is 8.74. The van der Waals surface area contributed by atoms with Crippen molar-refractivity contribution in [1.29, 1.82) is 0 Å². The molecule has 0 aliphatic carbocycles. The molecule has 1 unspecified atom stereocenters. The van der Waals surface area contributed by atoms with E-state index in [2.05, 4.69) is 0 Å². The number of ether oxygens (including phenoxy) is 1. The molecule has 0 saturated heterocycles. The smallest absolute Gasteiger partial charge is 0.329 e. The monoisotopic (exact) mass is 379 g/mol. The molecule has 26 heavy (non-hydrogen) atoms. The summed E-state index contributed by atoms with van der Waals surface area (Å²) >= 11 is 0. The van der Waals surface area contributed by atoms with Crippen LogP contribution in [-0.4, -0.2) is 43.1 Å². The van der Waals surface area contributed by atoms with Gasteiger partial charge < -0.3 is 9.84 Å². The molecule has 1 heterocycles. The molecular weight excluding hydrogens is 361 g/mol. The second-order valence-corrected chi connectivity index (χ2v) is 7.93. The van der Waals surface area contributed by atoms with Crippen LogP contribution in [0.15, 0.2) is 53.4 Å². The lowest BCUT2D eigenvalue weighted by molar-refractivity contribution is -0.142. The largest absolute Gasteiger partial charge is 0.480 e. The first-order valence-corrected chi connectivity index (χ1v) is 9.45. The van der Waals surface area contributed by atoms with Crippen molar-refractivity contribution in [1.82, 2.24) is 4.31 Å². The van der Waals surface area contributed by atoms with Gasteiger partial charge in [0.1, 0.15) is 12.4 Å². The predicted molar refractivity (Wildman–Crippen MR) is 91.5 cm³/mol. The molecule has 3 rings (SSSR count). The van der Waals surface area contributed by atoms with E-state index < -0.39 is 34.5 Å². The van der Waals surface area contributed by atoms with Crippen molar-refractivity contribution >= 4 is 16.0 Å². The van der Waals surface area contributed by atoms with E-state index in [1.165, 1.54) is 16.4 Å². The van der Waals surface area contributed by atoms with Gasteiger partial charge in [-0.05, 0) is 41.8 Å². The van der Waals surface area contributed by atoms with Gasteiger partial charge in [0.2, 0.25) is 10.0 Å². The van der Waals surface area contributed by atoms with E-state index in [0.29, 0.717) is 6.42 Å². The molecule has 0 amide bonds. The van der Waals surface area contributed by atoms with Crippen molar-refractivity contribution in [2.24, 2.45) is 0 Å². The minimum Gasteiger partial charge on any atom is -0.480 e. The maximum Gasteiger partial charge on any atom is 0.329 e. The molecule has 6 nitrogen and oxygen atoms in total. The van der Waals surface area contributed by atoms with Gasteiger partial charge in [-0.1, -0.05) is 24.3 Å². The third kappa shape index (κ3) is 3.92. The molecule has 2 aromatic carbocycles. The summed E-state index contributed by atoms with van der Waals surface area (Å²) in [7, 11) is -3.88. The third-order valence-corrected chi connectivity index (χ3v) is 6.18. The molecule has 0 fully saturated rings. The van der Waals surface area contributed by atoms with Gasteiger partial charge in [-0.15, -0.1) is 0 Å². The van der Waals surface area contributed by atoms with Crippen LogP contribution in [0.4, 0.5) is 4.39 Å². The summed E-state index contributed by atoms with van der Waals surface area (Å²) in [6.07, 6.45) is 0.413. The molecule has 0 saturated carbocycles. The Hall–Kier alpha value is -2.29. The van der Waals surface area contributed by atoms with Crippen molar-refractivity contribution in [3.8, 4) is 0 Å². The number of hydrogen-bond donors (Lipinski definition) is 1. The van der Waals surface area contributed by atoms with Crippen molar-refractivity contribution in [3.63, 3.8) is 0 Å². The number of nitrogens with zero attached hydrogens (tertiary/aromatic N) is 1. The Morgan fingerprint density at radius 1 is 1.15 bits per heavy atom. The number of sulfonamides is 1. The van der Waals surface area contributed by atoms with Crippen LogP contribution in [0.1, 0.15) is 11.1 Å². The number of halogens is 1. The second kappa shape index (κ2) is 7.53. The predicted octanol–water partition coefficient (Wildman–Crippen LogP) is 2.04. The molecule has 1 aliphatic rings. The number of aliphatic carboxylic acids is 1. The van der Waals surface area contributed by atoms with Crippen LogP contribution in [0.25, 0.3) is 0 Å². The molecule has 1 aliphatic heterocycles. The standard InChI is InChI=1S/C18H18FNO5S/c19-15-5-7-17(8-6-15)26(23,24)20-10-14-4-2-1-3-13(14)9-16(20)11-25-12-18(21)22/h1-8,16H,9-12H2,(H,21,22). The third-order valence-electron chi connectivity index (χ3n) is 4.26. The quantitative estimate of drug-likeness (QED) is 0.830. The number of rotatable bonds is 6. The van der Waals surface area contributed by atoms with E-state index in [-0.39, 0.29) is 18.0 Å². The van der Waals surface area contributed by atoms with Gasteiger partial charge >= 0.3 is 5.97 Å². The zero-order chi connectivity index (χ0) is 18.7. The van der Waals surface area contributed by atoms with Crippen LogP contribution in [0.5, 0.6) is 0 Å². The highest BCUT2D eigenvalue weighted by Gasteiger charge is 2.35. The summed E-state index contributed by atoms with van der Waals surface area (Å²) < 4.78 is 45.7. The maximum absolute atomic E-state index is 13.1. The molecule has 1 N–H and O–H groups in total. The number of carbonyl (C=O) groups is 1. The Labute approximate surface area is 150 Å². The maximum atomic E-state index is 13.1. The van der Waals surface area contributed by atoms with Gasteiger partial charge in [-0.25, -0.2) is 17.6 Å². The van der Waals surface area contributed by atoms with Gasteiger partial charge in [-0.2, -0.15) is 4.31 Å². The Bertz CT molecular complexity index is 898. The molecule has 2 aromatic rings. The number of carboxylic acids is 1. The Morgan fingerprint density at radius 3 is 2.46 bits per heavy atom. The highest BCUT2D eigenvalue weighted by molar-refractivity contribution is 7.89. The fraction of sp³-hybridized carbons (Fsp3) is 0.278. The van der Waals surface area contributed by atoms with E-state index in [1.54, 1.807) is 0 Å². The molecule has 0 spiro atoms. The average molecular weight is 379 g/mol. The molecule has 0 bridgehead atoms. The Kier molecular flexibility index (Phi) is 5.36. The van der Waals surface area contributed by atoms with Crippen LogP contribution >= 0.6 is 0 Å². The molecule has 8 heteroatoms. The van der Waals surface area contributed by atoms with E-state index in [4.69, 9.17) is 9.84 Å². The minimum absolute atomic E-state index is 0.0125. The van der Waals surface area contributed by atoms with E-state index in [1.807, 2.05) is 24.3 Å². The molecular formula is C18H18FNO5S. The van der Waals surface area contributed by atoms with Crippen LogP contribution in [0.2, 0.25) is 0 Å². The lowest BCUT2D eigenvalue weighted by Crippen LogP contribution is -2.46. The van der Waals surface area contributed by atoms with Crippen molar-refractivity contribution in [3.05, 3.63) is 65.5 Å². The van der Waals surface area contributed by atoms with E-state index in [0.717, 1.165) is 23.3 Å². The van der Waals surface area contributed by atoms with Crippen LogP contribution in [0.3, 0.4) is 0 Å². The zero-order valence-electron chi connectivity index (χ0n) is 13.8. The summed E-state index contributed by atoms with van der Waals surface area (Å²) in [5.41, 5.74) is 1.88. The van der Waals surface area contributed by atoms with Crippen LogP contribution in [-0.2, 0) is 32.5 Å². The number of carboxylic acid groups (broad SMARTS) is 1. The van der Waals surface area contributed by atoms with Gasteiger partial charge in [0.05, 0.1) is 17.5 Å². The minimum atomic E-state index is -3.88. The molecule has 0 aromatic heterocycles. The highest BCUT2D eigenvalue weighted by atomic mass is 32.2.